The second-order valence-electron chi connectivity index (χ2n) is 1.61. The average Bonchev–Trinajstić information content (AvgIpc) is 1.23. The Morgan fingerprint density at radius 3 is 2.00 bits per heavy atom. The second-order valence-corrected chi connectivity index (χ2v) is 2.64. The van der Waals surface area contributed by atoms with Gasteiger partial charge in [0.1, 0.15) is 0 Å². The van der Waals surface area contributed by atoms with Crippen LogP contribution < -0.4 is 29.6 Å². The Hall–Kier alpha value is 1.11. The van der Waals surface area contributed by atoms with Crippen LogP contribution >= 0.6 is 12.2 Å². The summed E-state index contributed by atoms with van der Waals surface area (Å²) in [6, 6.07) is 0. The smallest absolute Gasteiger partial charge is 0.411 e. The largest absolute Gasteiger partial charge is 1.00 e. The van der Waals surface area contributed by atoms with Gasteiger partial charge in [-0.25, -0.2) is 0 Å². The molecule has 1 aliphatic rings. The van der Waals surface area contributed by atoms with Crippen molar-refractivity contribution in [2.24, 2.45) is 0 Å². The van der Waals surface area contributed by atoms with E-state index in [9.17, 15) is 0 Å². The van der Waals surface area contributed by atoms with E-state index in [-0.39, 0.29) is 29.6 Å². The van der Waals surface area contributed by atoms with Crippen LogP contribution in [0.2, 0.25) is 0 Å². The van der Waals surface area contributed by atoms with Gasteiger partial charge in [0.15, 0.2) is 0 Å². The second kappa shape index (κ2) is 4.01. The molecule has 8 heavy (non-hydrogen) atoms. The first-order chi connectivity index (χ1) is 3.30. The molecule has 0 N–H and O–H groups in total. The van der Waals surface area contributed by atoms with E-state index in [2.05, 4.69) is 0 Å². The van der Waals surface area contributed by atoms with Crippen molar-refractivity contribution in [2.75, 3.05) is 13.1 Å². The van der Waals surface area contributed by atoms with Gasteiger partial charge in [0.25, 0.3) is 0 Å². The minimum atomic E-state index is 0. The molecular formula is C4H6NNaS2. The summed E-state index contributed by atoms with van der Waals surface area (Å²) in [4.78, 5) is 2.02. The van der Waals surface area contributed by atoms with Crippen LogP contribution in [0.25, 0.3) is 0 Å². The van der Waals surface area contributed by atoms with Crippen LogP contribution in [0.3, 0.4) is 0 Å². The van der Waals surface area contributed by atoms with E-state index in [1.807, 2.05) is 4.90 Å². The molecule has 0 radical (unpaired) electrons. The Morgan fingerprint density at radius 1 is 1.50 bits per heavy atom. The van der Waals surface area contributed by atoms with E-state index in [1.165, 1.54) is 6.42 Å². The van der Waals surface area contributed by atoms with E-state index < -0.39 is 0 Å². The van der Waals surface area contributed by atoms with Gasteiger partial charge in [-0.3, -0.25) is 0 Å². The van der Waals surface area contributed by atoms with Crippen molar-refractivity contribution < 1.29 is 29.6 Å². The molecule has 0 amide bonds. The van der Waals surface area contributed by atoms with Gasteiger partial charge in [-0.1, -0.05) is 4.32 Å². The Bertz CT molecular complexity index is 92.0. The van der Waals surface area contributed by atoms with Gasteiger partial charge in [-0.2, -0.15) is 0 Å². The topological polar surface area (TPSA) is 3.24 Å². The van der Waals surface area contributed by atoms with Gasteiger partial charge in [0.05, 0.1) is 0 Å². The van der Waals surface area contributed by atoms with Crippen molar-refractivity contribution in [1.82, 2.24) is 4.90 Å². The predicted molar refractivity (Wildman–Crippen MR) is 36.2 cm³/mol. The standard InChI is InChI=1S/C4H7NS2.Na/c6-4(7)5-2-1-3-5;/h1-3H2,(H,6,7);/q;+1/p-1. The van der Waals surface area contributed by atoms with Crippen LogP contribution in [0, 0.1) is 0 Å². The Labute approximate surface area is 82.5 Å². The molecule has 0 bridgehead atoms. The normalized spacial score (nSPS) is 16.2. The SMILES string of the molecule is S=C([S-])N1CCC1.[Na+]. The van der Waals surface area contributed by atoms with E-state index in [1.54, 1.807) is 0 Å². The Morgan fingerprint density at radius 2 is 2.00 bits per heavy atom. The van der Waals surface area contributed by atoms with Gasteiger partial charge in [-0.05, 0) is 6.42 Å². The fourth-order valence-corrected chi connectivity index (χ4v) is 0.864. The molecule has 1 heterocycles. The van der Waals surface area contributed by atoms with Crippen LogP contribution in [0.5, 0.6) is 0 Å². The van der Waals surface area contributed by atoms with Crippen molar-refractivity contribution in [3.63, 3.8) is 0 Å². The molecule has 4 heteroatoms. The minimum Gasteiger partial charge on any atom is -0.411 e. The molecule has 0 aromatic rings. The van der Waals surface area contributed by atoms with Gasteiger partial charge in [0, 0.05) is 13.1 Å². The molecule has 0 spiro atoms. The fourth-order valence-electron chi connectivity index (χ4n) is 0.499. The Balaban J connectivity index is 0.000000490. The molecule has 1 saturated heterocycles. The molecule has 1 fully saturated rings. The van der Waals surface area contributed by atoms with Gasteiger partial charge < -0.3 is 29.7 Å². The number of hydrogen-bond acceptors (Lipinski definition) is 2. The van der Waals surface area contributed by atoms with Gasteiger partial charge >= 0.3 is 29.6 Å². The maximum Gasteiger partial charge on any atom is 1.00 e. The zero-order chi connectivity index (χ0) is 5.28. The van der Waals surface area contributed by atoms with Crippen LogP contribution in [-0.2, 0) is 12.6 Å². The van der Waals surface area contributed by atoms with Crippen molar-refractivity contribution in [1.29, 1.82) is 0 Å². The first-order valence-corrected chi connectivity index (χ1v) is 3.08. The van der Waals surface area contributed by atoms with Crippen LogP contribution in [0.15, 0.2) is 0 Å². The fraction of sp³-hybridized carbons (Fsp3) is 0.750. The van der Waals surface area contributed by atoms with Crippen molar-refractivity contribution in [3.8, 4) is 0 Å². The molecule has 0 atom stereocenters. The summed E-state index contributed by atoms with van der Waals surface area (Å²) >= 11 is 9.42. The average molecular weight is 155 g/mol. The monoisotopic (exact) mass is 155 g/mol. The molecule has 0 aromatic carbocycles. The summed E-state index contributed by atoms with van der Waals surface area (Å²) < 4.78 is 0.631. The quantitative estimate of drug-likeness (QED) is 0.217. The molecule has 0 aliphatic carbocycles. The maximum atomic E-state index is 4.71. The summed E-state index contributed by atoms with van der Waals surface area (Å²) in [6.07, 6.45) is 1.26. The van der Waals surface area contributed by atoms with E-state index >= 15 is 0 Å². The minimum absolute atomic E-state index is 0. The molecule has 1 aliphatic heterocycles. The van der Waals surface area contributed by atoms with Gasteiger partial charge in [-0.15, -0.1) is 0 Å². The van der Waals surface area contributed by atoms with Crippen molar-refractivity contribution in [3.05, 3.63) is 0 Å². The summed E-state index contributed by atoms with van der Waals surface area (Å²) in [5.41, 5.74) is 0. The molecule has 1 rings (SSSR count). The molecule has 40 valence electrons. The predicted octanol–water partition coefficient (Wildman–Crippen LogP) is -2.47. The van der Waals surface area contributed by atoms with Crippen LogP contribution in [0.4, 0.5) is 0 Å². The van der Waals surface area contributed by atoms with E-state index in [0.717, 1.165) is 13.1 Å². The molecule has 0 unspecified atom stereocenters. The van der Waals surface area contributed by atoms with Crippen LogP contribution in [-0.4, -0.2) is 22.3 Å². The molecule has 0 aromatic heterocycles. The Kier molecular flexibility index (Phi) is 4.57. The summed E-state index contributed by atoms with van der Waals surface area (Å²) in [5.74, 6) is 0. The number of hydrogen-bond donors (Lipinski definition) is 0. The van der Waals surface area contributed by atoms with Crippen molar-refractivity contribution in [2.45, 2.75) is 6.42 Å². The third-order valence-electron chi connectivity index (χ3n) is 1.11. The van der Waals surface area contributed by atoms with Gasteiger partial charge in [0.2, 0.25) is 0 Å². The summed E-state index contributed by atoms with van der Waals surface area (Å²) in [5, 5.41) is 0. The third-order valence-corrected chi connectivity index (χ3v) is 1.63. The molecular weight excluding hydrogens is 149 g/mol. The van der Waals surface area contributed by atoms with Crippen molar-refractivity contribution >= 4 is 29.2 Å². The number of nitrogens with zero attached hydrogens (tertiary/aromatic N) is 1. The third kappa shape index (κ3) is 2.15. The molecule has 1 nitrogen and oxygen atoms in total. The van der Waals surface area contributed by atoms with E-state index in [4.69, 9.17) is 24.8 Å². The number of likely N-dealkylation sites (tertiary alicyclic amines) is 1. The van der Waals surface area contributed by atoms with E-state index in [0.29, 0.717) is 4.32 Å². The molecule has 0 saturated carbocycles. The number of rotatable bonds is 0. The maximum absolute atomic E-state index is 4.71. The first-order valence-electron chi connectivity index (χ1n) is 2.26. The first kappa shape index (κ1) is 9.11. The summed E-state index contributed by atoms with van der Waals surface area (Å²) in [6.45, 7) is 2.17. The zero-order valence-corrected chi connectivity index (χ0v) is 8.52. The van der Waals surface area contributed by atoms with Crippen LogP contribution in [0.1, 0.15) is 6.42 Å². The summed E-state index contributed by atoms with van der Waals surface area (Å²) in [7, 11) is 0. The zero-order valence-electron chi connectivity index (χ0n) is 4.89. The number of thiocarbonyl (C=S) groups is 1.